The van der Waals surface area contributed by atoms with Gasteiger partial charge < -0.3 is 10.2 Å². The summed E-state index contributed by atoms with van der Waals surface area (Å²) in [6.07, 6.45) is 0. The van der Waals surface area contributed by atoms with Gasteiger partial charge in [-0.25, -0.2) is 0 Å². The second-order valence-corrected chi connectivity index (χ2v) is 5.33. The molecule has 0 radical (unpaired) electrons. The third-order valence-electron chi connectivity index (χ3n) is 3.99. The number of nitrogens with zero attached hydrogens (tertiary/aromatic N) is 1. The van der Waals surface area contributed by atoms with Crippen molar-refractivity contribution in [1.29, 1.82) is 0 Å². The summed E-state index contributed by atoms with van der Waals surface area (Å²) < 4.78 is 0. The maximum absolute atomic E-state index is 12.4. The molecule has 0 saturated carbocycles. The summed E-state index contributed by atoms with van der Waals surface area (Å²) in [5.74, 6) is 0.129. The highest BCUT2D eigenvalue weighted by molar-refractivity contribution is 5.94. The Morgan fingerprint density at radius 1 is 1.26 bits per heavy atom. The first-order valence-electron chi connectivity index (χ1n) is 6.73. The van der Waals surface area contributed by atoms with Crippen molar-refractivity contribution in [1.82, 2.24) is 10.2 Å². The Balaban J connectivity index is 2.12. The predicted molar refractivity (Wildman–Crippen MR) is 77.9 cm³/mol. The first kappa shape index (κ1) is 13.8. The fraction of sp³-hybridized carbons (Fsp3) is 0.438. The van der Waals surface area contributed by atoms with E-state index >= 15 is 0 Å². The lowest BCUT2D eigenvalue weighted by Gasteiger charge is -2.29. The van der Waals surface area contributed by atoms with Gasteiger partial charge in [0.2, 0.25) is 5.91 Å². The van der Waals surface area contributed by atoms with Crippen molar-refractivity contribution in [3.05, 3.63) is 46.5 Å². The number of benzene rings is 1. The largest absolute Gasteiger partial charge is 0.335 e. The van der Waals surface area contributed by atoms with Gasteiger partial charge in [0, 0.05) is 25.7 Å². The second-order valence-electron chi connectivity index (χ2n) is 5.33. The zero-order valence-electron chi connectivity index (χ0n) is 12.2. The zero-order chi connectivity index (χ0) is 14.0. The molecule has 1 aliphatic rings. The number of hydrogen-bond donors (Lipinski definition) is 1. The Hall–Kier alpha value is -1.61. The molecule has 0 aromatic heterocycles. The first-order chi connectivity index (χ1) is 9.00. The minimum absolute atomic E-state index is 0.0942. The molecular weight excluding hydrogens is 236 g/mol. The van der Waals surface area contributed by atoms with Crippen LogP contribution in [0, 0.1) is 6.92 Å². The summed E-state index contributed by atoms with van der Waals surface area (Å²) in [6, 6.07) is 8.46. The van der Waals surface area contributed by atoms with Gasteiger partial charge in [0.1, 0.15) is 0 Å². The number of aryl methyl sites for hydroxylation is 1. The smallest absolute Gasteiger partial charge is 0.249 e. The van der Waals surface area contributed by atoms with Gasteiger partial charge in [-0.1, -0.05) is 29.8 Å². The lowest BCUT2D eigenvalue weighted by atomic mass is 10.0. The fourth-order valence-electron chi connectivity index (χ4n) is 2.18. The van der Waals surface area contributed by atoms with Crippen LogP contribution in [-0.4, -0.2) is 30.9 Å². The van der Waals surface area contributed by atoms with Crippen molar-refractivity contribution in [3.63, 3.8) is 0 Å². The fourth-order valence-corrected chi connectivity index (χ4v) is 2.18. The van der Waals surface area contributed by atoms with Crippen molar-refractivity contribution in [2.45, 2.75) is 26.8 Å². The lowest BCUT2D eigenvalue weighted by Crippen LogP contribution is -2.38. The van der Waals surface area contributed by atoms with Gasteiger partial charge in [-0.2, -0.15) is 0 Å². The van der Waals surface area contributed by atoms with Crippen LogP contribution in [0.15, 0.2) is 35.4 Å². The predicted octanol–water partition coefficient (Wildman–Crippen LogP) is 2.43. The van der Waals surface area contributed by atoms with E-state index in [1.54, 1.807) is 0 Å². The molecular formula is C16H22N2O. The Kier molecular flexibility index (Phi) is 4.05. The zero-order valence-corrected chi connectivity index (χ0v) is 12.2. The third kappa shape index (κ3) is 2.87. The number of likely N-dealkylation sites (N-methyl/N-ethyl adjacent to an activating group) is 1. The first-order valence-corrected chi connectivity index (χ1v) is 6.73. The molecule has 0 spiro atoms. The average molecular weight is 258 g/mol. The van der Waals surface area contributed by atoms with Crippen molar-refractivity contribution in [2.24, 2.45) is 0 Å². The van der Waals surface area contributed by atoms with Crippen LogP contribution in [0.1, 0.15) is 31.0 Å². The summed E-state index contributed by atoms with van der Waals surface area (Å²) in [5.41, 5.74) is 4.53. The van der Waals surface area contributed by atoms with Crippen LogP contribution in [0.5, 0.6) is 0 Å². The summed E-state index contributed by atoms with van der Waals surface area (Å²) in [5, 5.41) is 3.17. The average Bonchev–Trinajstić information content (AvgIpc) is 2.35. The van der Waals surface area contributed by atoms with E-state index in [1.807, 2.05) is 18.9 Å². The molecule has 102 valence electrons. The highest BCUT2D eigenvalue weighted by Gasteiger charge is 2.22. The molecule has 1 aromatic carbocycles. The standard InChI is InChI=1S/C16H22N2O/c1-11-5-7-14(8-6-11)13(3)18(4)16(19)12(2)15-9-17-10-15/h5-8,13,17H,9-10H2,1-4H3. The topological polar surface area (TPSA) is 32.3 Å². The van der Waals surface area contributed by atoms with Crippen LogP contribution in [0.4, 0.5) is 0 Å². The second kappa shape index (κ2) is 5.57. The monoisotopic (exact) mass is 258 g/mol. The van der Waals surface area contributed by atoms with Gasteiger partial charge >= 0.3 is 0 Å². The molecule has 0 bridgehead atoms. The molecule has 3 heteroatoms. The van der Waals surface area contributed by atoms with E-state index in [9.17, 15) is 4.79 Å². The number of hydrogen-bond acceptors (Lipinski definition) is 2. The van der Waals surface area contributed by atoms with Gasteiger partial charge in [0.15, 0.2) is 0 Å². The van der Waals surface area contributed by atoms with Gasteiger partial charge in [-0.05, 0) is 31.9 Å². The Labute approximate surface area is 115 Å². The minimum atomic E-state index is 0.0942. The Bertz CT molecular complexity index is 496. The van der Waals surface area contributed by atoms with Crippen molar-refractivity contribution in [3.8, 4) is 0 Å². The van der Waals surface area contributed by atoms with Gasteiger partial charge in [-0.3, -0.25) is 4.79 Å². The van der Waals surface area contributed by atoms with Gasteiger partial charge in [0.05, 0.1) is 6.04 Å². The Morgan fingerprint density at radius 2 is 1.84 bits per heavy atom. The van der Waals surface area contributed by atoms with E-state index in [4.69, 9.17) is 0 Å². The molecule has 1 N–H and O–H groups in total. The molecule has 1 unspecified atom stereocenters. The molecule has 1 fully saturated rings. The van der Waals surface area contributed by atoms with Gasteiger partial charge in [0.25, 0.3) is 0 Å². The van der Waals surface area contributed by atoms with Crippen LogP contribution < -0.4 is 5.32 Å². The third-order valence-corrected chi connectivity index (χ3v) is 3.99. The number of amides is 1. The van der Waals surface area contributed by atoms with E-state index in [0.717, 1.165) is 18.7 Å². The SMILES string of the molecule is CC(C(=O)N(C)C(C)c1ccc(C)cc1)=C1CNC1. The van der Waals surface area contributed by atoms with E-state index in [2.05, 4.69) is 43.4 Å². The molecule has 19 heavy (non-hydrogen) atoms. The molecule has 1 aromatic rings. The summed E-state index contributed by atoms with van der Waals surface area (Å²) >= 11 is 0. The van der Waals surface area contributed by atoms with Gasteiger partial charge in [-0.15, -0.1) is 0 Å². The molecule has 1 aliphatic heterocycles. The van der Waals surface area contributed by atoms with Crippen LogP contribution in [0.3, 0.4) is 0 Å². The number of nitrogens with one attached hydrogen (secondary N) is 1. The van der Waals surface area contributed by atoms with E-state index in [1.165, 1.54) is 16.7 Å². The van der Waals surface area contributed by atoms with Crippen LogP contribution in [0.2, 0.25) is 0 Å². The molecule has 0 aliphatic carbocycles. The van der Waals surface area contributed by atoms with Crippen molar-refractivity contribution >= 4 is 5.91 Å². The van der Waals surface area contributed by atoms with Crippen molar-refractivity contribution < 1.29 is 4.79 Å². The molecule has 1 heterocycles. The number of rotatable bonds is 3. The summed E-state index contributed by atoms with van der Waals surface area (Å²) in [4.78, 5) is 14.2. The summed E-state index contributed by atoms with van der Waals surface area (Å²) in [7, 11) is 1.88. The van der Waals surface area contributed by atoms with Crippen LogP contribution in [-0.2, 0) is 4.79 Å². The van der Waals surface area contributed by atoms with E-state index < -0.39 is 0 Å². The number of carbonyl (C=O) groups excluding carboxylic acids is 1. The summed E-state index contributed by atoms with van der Waals surface area (Å²) in [6.45, 7) is 7.77. The molecule has 1 saturated heterocycles. The van der Waals surface area contributed by atoms with E-state index in [0.29, 0.717) is 0 Å². The van der Waals surface area contributed by atoms with Crippen LogP contribution in [0.25, 0.3) is 0 Å². The van der Waals surface area contributed by atoms with Crippen LogP contribution >= 0.6 is 0 Å². The molecule has 2 rings (SSSR count). The quantitative estimate of drug-likeness (QED) is 0.845. The minimum Gasteiger partial charge on any atom is -0.335 e. The highest BCUT2D eigenvalue weighted by atomic mass is 16.2. The number of carbonyl (C=O) groups is 1. The molecule has 1 amide bonds. The van der Waals surface area contributed by atoms with Crippen molar-refractivity contribution in [2.75, 3.05) is 20.1 Å². The van der Waals surface area contributed by atoms with E-state index in [-0.39, 0.29) is 11.9 Å². The molecule has 3 nitrogen and oxygen atoms in total. The molecule has 1 atom stereocenters. The maximum atomic E-state index is 12.4. The maximum Gasteiger partial charge on any atom is 0.249 e. The Morgan fingerprint density at radius 3 is 2.32 bits per heavy atom. The lowest BCUT2D eigenvalue weighted by molar-refractivity contribution is -0.127. The normalized spacial score (nSPS) is 15.7. The highest BCUT2D eigenvalue weighted by Crippen LogP contribution is 2.22.